The third-order valence-corrected chi connectivity index (χ3v) is 6.22. The van der Waals surface area contributed by atoms with Crippen LogP contribution in [0.5, 0.6) is 0 Å². The largest absolute Gasteiger partial charge is 0.356 e. The second-order valence-corrected chi connectivity index (χ2v) is 8.36. The number of benzene rings is 1. The third-order valence-electron chi connectivity index (χ3n) is 4.83. The highest BCUT2D eigenvalue weighted by atomic mass is 127. The van der Waals surface area contributed by atoms with Crippen molar-refractivity contribution in [2.45, 2.75) is 38.5 Å². The van der Waals surface area contributed by atoms with Gasteiger partial charge in [0.1, 0.15) is 0 Å². The molecular formula is C19H26ClIN4S. The minimum absolute atomic E-state index is 0. The van der Waals surface area contributed by atoms with Crippen LogP contribution in [-0.2, 0) is 11.8 Å². The van der Waals surface area contributed by atoms with E-state index in [1.807, 2.05) is 19.2 Å². The molecule has 1 aliphatic carbocycles. The fourth-order valence-electron chi connectivity index (χ4n) is 2.93. The molecule has 1 aromatic carbocycles. The topological polar surface area (TPSA) is 49.3 Å². The minimum Gasteiger partial charge on any atom is -0.356 e. The summed E-state index contributed by atoms with van der Waals surface area (Å²) in [5, 5.41) is 8.84. The smallest absolute Gasteiger partial charge is 0.191 e. The summed E-state index contributed by atoms with van der Waals surface area (Å²) in [7, 11) is 1.81. The number of aromatic nitrogens is 1. The van der Waals surface area contributed by atoms with Crippen molar-refractivity contribution in [1.29, 1.82) is 0 Å². The van der Waals surface area contributed by atoms with Crippen molar-refractivity contribution in [3.8, 4) is 0 Å². The number of thiazole rings is 1. The van der Waals surface area contributed by atoms with Crippen LogP contribution in [0.4, 0.5) is 0 Å². The second kappa shape index (κ2) is 9.37. The lowest BCUT2D eigenvalue weighted by Crippen LogP contribution is -2.41. The number of nitrogens with one attached hydrogen (secondary N) is 2. The van der Waals surface area contributed by atoms with Crippen LogP contribution in [0.15, 0.2) is 29.3 Å². The zero-order valence-electron chi connectivity index (χ0n) is 15.4. The van der Waals surface area contributed by atoms with E-state index in [1.165, 1.54) is 28.3 Å². The van der Waals surface area contributed by atoms with Gasteiger partial charge in [-0.1, -0.05) is 23.7 Å². The van der Waals surface area contributed by atoms with Crippen molar-refractivity contribution in [1.82, 2.24) is 15.6 Å². The van der Waals surface area contributed by atoms with Gasteiger partial charge in [0.15, 0.2) is 5.96 Å². The van der Waals surface area contributed by atoms with Crippen LogP contribution in [0, 0.1) is 13.8 Å². The molecule has 0 bridgehead atoms. The van der Waals surface area contributed by atoms with Crippen molar-refractivity contribution < 1.29 is 0 Å². The number of hydrogen-bond donors (Lipinski definition) is 2. The fourth-order valence-corrected chi connectivity index (χ4v) is 3.99. The maximum absolute atomic E-state index is 6.00. The summed E-state index contributed by atoms with van der Waals surface area (Å²) in [4.78, 5) is 10.2. The molecule has 4 nitrogen and oxygen atoms in total. The Morgan fingerprint density at radius 1 is 1.23 bits per heavy atom. The molecule has 26 heavy (non-hydrogen) atoms. The molecule has 3 rings (SSSR count). The number of hydrogen-bond acceptors (Lipinski definition) is 3. The number of nitrogens with zero attached hydrogens (tertiary/aromatic N) is 2. The lowest BCUT2D eigenvalue weighted by atomic mass is 9.96. The van der Waals surface area contributed by atoms with E-state index in [-0.39, 0.29) is 29.4 Å². The molecule has 0 aliphatic heterocycles. The summed E-state index contributed by atoms with van der Waals surface area (Å²) >= 11 is 7.78. The Hall–Kier alpha value is -0.860. The zero-order chi connectivity index (χ0) is 17.9. The van der Waals surface area contributed by atoms with Gasteiger partial charge in [-0.05, 0) is 44.4 Å². The Morgan fingerprint density at radius 3 is 2.46 bits per heavy atom. The Morgan fingerprint density at radius 2 is 1.92 bits per heavy atom. The Bertz CT molecular complexity index is 734. The van der Waals surface area contributed by atoms with Gasteiger partial charge >= 0.3 is 0 Å². The predicted octanol–water partition coefficient (Wildman–Crippen LogP) is 4.47. The normalized spacial score (nSPS) is 15.3. The fraction of sp³-hybridized carbons (Fsp3) is 0.474. The molecule has 0 unspecified atom stereocenters. The SMILES string of the molecule is CN=C(NCCc1nc(C)c(C)s1)NCC1(c2ccc(Cl)cc2)CC1.I. The average Bonchev–Trinajstić information content (AvgIpc) is 3.32. The average molecular weight is 505 g/mol. The molecule has 1 saturated carbocycles. The minimum atomic E-state index is 0. The van der Waals surface area contributed by atoms with Gasteiger partial charge in [-0.2, -0.15) is 0 Å². The van der Waals surface area contributed by atoms with Crippen molar-refractivity contribution >= 4 is 52.9 Å². The lowest BCUT2D eigenvalue weighted by Gasteiger charge is -2.19. The first-order chi connectivity index (χ1) is 12.0. The molecule has 0 spiro atoms. The molecule has 1 aliphatic rings. The highest BCUT2D eigenvalue weighted by Gasteiger charge is 2.44. The first-order valence-electron chi connectivity index (χ1n) is 8.66. The number of rotatable bonds is 6. The van der Waals surface area contributed by atoms with E-state index in [0.717, 1.165) is 36.2 Å². The van der Waals surface area contributed by atoms with Crippen LogP contribution >= 0.6 is 46.9 Å². The van der Waals surface area contributed by atoms with Gasteiger partial charge in [-0.25, -0.2) is 4.98 Å². The number of aliphatic imine (C=N–C) groups is 1. The standard InChI is InChI=1S/C19H25ClN4S.HI/c1-13-14(2)25-17(24-13)8-11-22-18(21-3)23-12-19(9-10-19)15-4-6-16(20)7-5-15;/h4-7H,8-12H2,1-3H3,(H2,21,22,23);1H. The molecule has 0 amide bonds. The maximum Gasteiger partial charge on any atom is 0.191 e. The van der Waals surface area contributed by atoms with E-state index in [0.29, 0.717) is 0 Å². The molecule has 1 heterocycles. The lowest BCUT2D eigenvalue weighted by molar-refractivity contribution is 0.645. The molecule has 7 heteroatoms. The van der Waals surface area contributed by atoms with Crippen LogP contribution in [-0.4, -0.2) is 31.1 Å². The molecule has 142 valence electrons. The van der Waals surface area contributed by atoms with Gasteiger partial charge in [0.05, 0.1) is 10.7 Å². The van der Waals surface area contributed by atoms with Crippen molar-refractivity contribution in [3.05, 3.63) is 50.4 Å². The Labute approximate surface area is 181 Å². The first kappa shape index (κ1) is 21.4. The van der Waals surface area contributed by atoms with Crippen LogP contribution in [0.2, 0.25) is 5.02 Å². The number of guanidine groups is 1. The third kappa shape index (κ3) is 5.33. The Balaban J connectivity index is 0.00000243. The van der Waals surface area contributed by atoms with E-state index in [9.17, 15) is 0 Å². The van der Waals surface area contributed by atoms with Crippen molar-refractivity contribution in [3.63, 3.8) is 0 Å². The van der Waals surface area contributed by atoms with Gasteiger partial charge < -0.3 is 10.6 Å². The monoisotopic (exact) mass is 504 g/mol. The quantitative estimate of drug-likeness (QED) is 0.347. The highest BCUT2D eigenvalue weighted by Crippen LogP contribution is 2.47. The molecule has 0 radical (unpaired) electrons. The van der Waals surface area contributed by atoms with Gasteiger partial charge in [-0.3, -0.25) is 4.99 Å². The van der Waals surface area contributed by atoms with E-state index in [4.69, 9.17) is 11.6 Å². The van der Waals surface area contributed by atoms with Gasteiger partial charge in [0, 0.05) is 41.9 Å². The van der Waals surface area contributed by atoms with Crippen molar-refractivity contribution in [2.75, 3.05) is 20.1 Å². The van der Waals surface area contributed by atoms with E-state index in [2.05, 4.69) is 46.6 Å². The summed E-state index contributed by atoms with van der Waals surface area (Å²) in [6.45, 7) is 5.91. The Kier molecular flexibility index (Phi) is 7.73. The van der Waals surface area contributed by atoms with Crippen LogP contribution in [0.25, 0.3) is 0 Å². The number of halogens is 2. The molecular weight excluding hydrogens is 479 g/mol. The van der Waals surface area contributed by atoms with E-state index in [1.54, 1.807) is 11.3 Å². The van der Waals surface area contributed by atoms with Crippen LogP contribution in [0.3, 0.4) is 0 Å². The first-order valence-corrected chi connectivity index (χ1v) is 9.85. The summed E-state index contributed by atoms with van der Waals surface area (Å²) in [5.74, 6) is 0.852. The summed E-state index contributed by atoms with van der Waals surface area (Å²) < 4.78 is 0. The summed E-state index contributed by atoms with van der Waals surface area (Å²) in [6.07, 6.45) is 3.33. The molecule has 0 atom stereocenters. The maximum atomic E-state index is 6.00. The van der Waals surface area contributed by atoms with Crippen molar-refractivity contribution in [2.24, 2.45) is 4.99 Å². The van der Waals surface area contributed by atoms with Gasteiger partial charge in [0.2, 0.25) is 0 Å². The van der Waals surface area contributed by atoms with Crippen LogP contribution in [0.1, 0.15) is 34.0 Å². The summed E-state index contributed by atoms with van der Waals surface area (Å²) in [5.41, 5.74) is 2.72. The highest BCUT2D eigenvalue weighted by molar-refractivity contribution is 14.0. The van der Waals surface area contributed by atoms with E-state index < -0.39 is 0 Å². The van der Waals surface area contributed by atoms with Gasteiger partial charge in [0.25, 0.3) is 0 Å². The molecule has 0 saturated heterocycles. The second-order valence-electron chi connectivity index (χ2n) is 6.64. The van der Waals surface area contributed by atoms with Gasteiger partial charge in [-0.15, -0.1) is 35.3 Å². The zero-order valence-corrected chi connectivity index (χ0v) is 19.3. The van der Waals surface area contributed by atoms with E-state index >= 15 is 0 Å². The predicted molar refractivity (Wildman–Crippen MR) is 122 cm³/mol. The van der Waals surface area contributed by atoms with Crippen LogP contribution < -0.4 is 10.6 Å². The molecule has 1 fully saturated rings. The summed E-state index contributed by atoms with van der Waals surface area (Å²) in [6, 6.07) is 8.23. The molecule has 2 aromatic rings. The molecule has 2 N–H and O–H groups in total. The molecule has 1 aromatic heterocycles. The number of aryl methyl sites for hydroxylation is 2.